The predicted octanol–water partition coefficient (Wildman–Crippen LogP) is 1.83. The van der Waals surface area contributed by atoms with E-state index in [0.29, 0.717) is 11.1 Å². The summed E-state index contributed by atoms with van der Waals surface area (Å²) in [6.45, 7) is 3.17. The first-order chi connectivity index (χ1) is 10.2. The monoisotopic (exact) mass is 324 g/mol. The van der Waals surface area contributed by atoms with Crippen molar-refractivity contribution in [2.45, 2.75) is 18.7 Å². The Balaban J connectivity index is 2.55. The highest BCUT2D eigenvalue weighted by Gasteiger charge is 2.30. The van der Waals surface area contributed by atoms with E-state index in [9.17, 15) is 13.2 Å². The van der Waals surface area contributed by atoms with Gasteiger partial charge in [-0.15, -0.1) is 0 Å². The van der Waals surface area contributed by atoms with Gasteiger partial charge in [-0.1, -0.05) is 25.1 Å². The van der Waals surface area contributed by atoms with Crippen LogP contribution in [0.3, 0.4) is 0 Å². The number of rotatable bonds is 5. The van der Waals surface area contributed by atoms with Crippen molar-refractivity contribution < 1.29 is 18.3 Å². The zero-order valence-electron chi connectivity index (χ0n) is 13.1. The van der Waals surface area contributed by atoms with E-state index in [1.54, 1.807) is 19.1 Å². The van der Waals surface area contributed by atoms with Crippen LogP contribution < -0.4 is 0 Å². The molecule has 1 N–H and O–H groups in total. The Morgan fingerprint density at radius 3 is 2.55 bits per heavy atom. The Labute approximate surface area is 130 Å². The third-order valence-corrected chi connectivity index (χ3v) is 5.96. The minimum atomic E-state index is -3.75. The fourth-order valence-corrected chi connectivity index (χ4v) is 4.22. The second kappa shape index (κ2) is 5.73. The van der Waals surface area contributed by atoms with E-state index in [0.717, 1.165) is 9.82 Å². The first kappa shape index (κ1) is 16.5. The molecule has 1 atom stereocenters. The first-order valence-electron chi connectivity index (χ1n) is 6.91. The van der Waals surface area contributed by atoms with Crippen molar-refractivity contribution in [2.75, 3.05) is 13.6 Å². The Morgan fingerprint density at radius 2 is 1.95 bits per heavy atom. The molecule has 1 heterocycles. The number of carboxylic acids is 1. The third-order valence-electron chi connectivity index (χ3n) is 3.96. The summed E-state index contributed by atoms with van der Waals surface area (Å²) in [5, 5.41) is 9.62. The van der Waals surface area contributed by atoms with Crippen molar-refractivity contribution in [2.24, 2.45) is 13.0 Å². The molecule has 0 aliphatic carbocycles. The van der Waals surface area contributed by atoms with Crippen LogP contribution in [0.1, 0.15) is 12.6 Å². The quantitative estimate of drug-likeness (QED) is 0.910. The van der Waals surface area contributed by atoms with Crippen molar-refractivity contribution in [1.82, 2.24) is 8.87 Å². The van der Waals surface area contributed by atoms with Crippen LogP contribution in [0.4, 0.5) is 0 Å². The van der Waals surface area contributed by atoms with Crippen molar-refractivity contribution in [3.8, 4) is 0 Å². The normalized spacial score (nSPS) is 13.7. The zero-order valence-corrected chi connectivity index (χ0v) is 13.9. The van der Waals surface area contributed by atoms with Gasteiger partial charge >= 0.3 is 5.97 Å². The lowest BCUT2D eigenvalue weighted by Crippen LogP contribution is -2.34. The van der Waals surface area contributed by atoms with Gasteiger partial charge in [-0.2, -0.15) is 4.31 Å². The summed E-state index contributed by atoms with van der Waals surface area (Å²) in [6.07, 6.45) is 0. The van der Waals surface area contributed by atoms with Crippen LogP contribution in [0.25, 0.3) is 10.9 Å². The topological polar surface area (TPSA) is 79.6 Å². The van der Waals surface area contributed by atoms with Crippen molar-refractivity contribution in [3.05, 3.63) is 30.0 Å². The maximum atomic E-state index is 12.9. The molecule has 0 amide bonds. The highest BCUT2D eigenvalue weighted by molar-refractivity contribution is 7.89. The maximum Gasteiger partial charge on any atom is 0.307 e. The van der Waals surface area contributed by atoms with E-state index >= 15 is 0 Å². The van der Waals surface area contributed by atoms with E-state index < -0.39 is 21.9 Å². The minimum absolute atomic E-state index is 0.0691. The summed E-state index contributed by atoms with van der Waals surface area (Å²) in [4.78, 5) is 11.2. The lowest BCUT2D eigenvalue weighted by atomic mass is 10.2. The second-order valence-corrected chi connectivity index (χ2v) is 7.50. The molecule has 0 aliphatic heterocycles. The fourth-order valence-electron chi connectivity index (χ4n) is 2.53. The molecule has 0 spiro atoms. The van der Waals surface area contributed by atoms with Gasteiger partial charge in [0.1, 0.15) is 4.90 Å². The van der Waals surface area contributed by atoms with Crippen LogP contribution in [0.2, 0.25) is 0 Å². The lowest BCUT2D eigenvalue weighted by molar-refractivity contribution is -0.141. The Bertz CT molecular complexity index is 823. The Morgan fingerprint density at radius 1 is 1.36 bits per heavy atom. The number of hydrogen-bond acceptors (Lipinski definition) is 3. The van der Waals surface area contributed by atoms with E-state index in [1.165, 1.54) is 14.0 Å². The van der Waals surface area contributed by atoms with Crippen molar-refractivity contribution in [1.29, 1.82) is 0 Å². The van der Waals surface area contributed by atoms with Gasteiger partial charge in [0.05, 0.1) is 5.92 Å². The van der Waals surface area contributed by atoms with Crippen LogP contribution >= 0.6 is 0 Å². The molecule has 0 saturated heterocycles. The minimum Gasteiger partial charge on any atom is -0.481 e. The molecule has 1 aromatic carbocycles. The molecule has 2 rings (SSSR count). The van der Waals surface area contributed by atoms with Crippen LogP contribution in [0.5, 0.6) is 0 Å². The number of fused-ring (bicyclic) bond motifs is 1. The molecule has 0 bridgehead atoms. The average molecular weight is 324 g/mol. The van der Waals surface area contributed by atoms with E-state index in [2.05, 4.69) is 0 Å². The number of aliphatic carboxylic acids is 1. The molecule has 7 heteroatoms. The third kappa shape index (κ3) is 2.62. The van der Waals surface area contributed by atoms with Gasteiger partial charge in [0, 0.05) is 37.2 Å². The number of para-hydroxylation sites is 1. The van der Waals surface area contributed by atoms with Crippen LogP contribution in [-0.2, 0) is 21.9 Å². The summed E-state index contributed by atoms with van der Waals surface area (Å²) in [6, 6.07) is 7.28. The molecule has 0 radical (unpaired) electrons. The summed E-state index contributed by atoms with van der Waals surface area (Å²) in [5.74, 6) is -1.79. The van der Waals surface area contributed by atoms with E-state index in [4.69, 9.17) is 5.11 Å². The summed E-state index contributed by atoms with van der Waals surface area (Å²) < 4.78 is 28.7. The number of benzene rings is 1. The molecule has 1 unspecified atom stereocenters. The molecule has 120 valence electrons. The summed E-state index contributed by atoms with van der Waals surface area (Å²) in [5.41, 5.74) is 1.47. The van der Waals surface area contributed by atoms with Crippen LogP contribution in [-0.4, -0.2) is 42.0 Å². The first-order valence-corrected chi connectivity index (χ1v) is 8.35. The van der Waals surface area contributed by atoms with Gasteiger partial charge < -0.3 is 9.67 Å². The van der Waals surface area contributed by atoms with E-state index in [1.807, 2.05) is 23.7 Å². The number of sulfonamides is 1. The molecule has 0 saturated carbocycles. The van der Waals surface area contributed by atoms with Crippen molar-refractivity contribution >= 4 is 26.9 Å². The molecule has 2 aromatic rings. The van der Waals surface area contributed by atoms with Gasteiger partial charge in [-0.3, -0.25) is 4.79 Å². The molecule has 0 aliphatic rings. The fraction of sp³-hybridized carbons (Fsp3) is 0.400. The maximum absolute atomic E-state index is 12.9. The summed E-state index contributed by atoms with van der Waals surface area (Å²) >= 11 is 0. The number of hydrogen-bond donors (Lipinski definition) is 1. The second-order valence-electron chi connectivity index (χ2n) is 5.52. The van der Waals surface area contributed by atoms with Gasteiger partial charge in [0.25, 0.3) is 0 Å². The zero-order chi connectivity index (χ0) is 16.7. The Hall–Kier alpha value is -1.86. The SMILES string of the molecule is Cc1c(S(=O)(=O)N(C)CC(C)C(=O)O)c2ccccc2n1C. The summed E-state index contributed by atoms with van der Waals surface area (Å²) in [7, 11) is -0.526. The molecule has 0 fully saturated rings. The number of carbonyl (C=O) groups is 1. The highest BCUT2D eigenvalue weighted by Crippen LogP contribution is 2.30. The number of aromatic nitrogens is 1. The van der Waals surface area contributed by atoms with Crippen molar-refractivity contribution in [3.63, 3.8) is 0 Å². The number of carboxylic acid groups (broad SMARTS) is 1. The number of nitrogens with zero attached hydrogens (tertiary/aromatic N) is 2. The van der Waals surface area contributed by atoms with Crippen LogP contribution in [0, 0.1) is 12.8 Å². The molecule has 6 nitrogen and oxygen atoms in total. The highest BCUT2D eigenvalue weighted by atomic mass is 32.2. The van der Waals surface area contributed by atoms with Gasteiger partial charge in [-0.05, 0) is 13.0 Å². The predicted molar refractivity (Wildman–Crippen MR) is 84.3 cm³/mol. The largest absolute Gasteiger partial charge is 0.481 e. The average Bonchev–Trinajstić information content (AvgIpc) is 2.71. The van der Waals surface area contributed by atoms with Crippen LogP contribution in [0.15, 0.2) is 29.2 Å². The lowest BCUT2D eigenvalue weighted by Gasteiger charge is -2.19. The molecule has 22 heavy (non-hydrogen) atoms. The molecular formula is C15H20N2O4S. The standard InChI is InChI=1S/C15H20N2O4S/c1-10(15(18)19)9-16(3)22(20,21)14-11(2)17(4)13-8-6-5-7-12(13)14/h5-8,10H,9H2,1-4H3,(H,18,19). The molecule has 1 aromatic heterocycles. The number of aryl methyl sites for hydroxylation is 1. The Kier molecular flexibility index (Phi) is 4.30. The molecular weight excluding hydrogens is 304 g/mol. The van der Waals surface area contributed by atoms with Gasteiger partial charge in [0.15, 0.2) is 0 Å². The van der Waals surface area contributed by atoms with Gasteiger partial charge in [0.2, 0.25) is 10.0 Å². The van der Waals surface area contributed by atoms with E-state index in [-0.39, 0.29) is 11.4 Å². The smallest absolute Gasteiger partial charge is 0.307 e. The van der Waals surface area contributed by atoms with Gasteiger partial charge in [-0.25, -0.2) is 8.42 Å².